The lowest BCUT2D eigenvalue weighted by molar-refractivity contribution is 0.0443. The Hall–Kier alpha value is -1.38. The van der Waals surface area contributed by atoms with Crippen molar-refractivity contribution in [3.05, 3.63) is 46.6 Å². The van der Waals surface area contributed by atoms with Crippen molar-refractivity contribution in [2.75, 3.05) is 18.1 Å². The van der Waals surface area contributed by atoms with Crippen LogP contribution in [0, 0.1) is 0 Å². The smallest absolute Gasteiger partial charge is 0.214 e. The molecule has 0 spiro atoms. The lowest BCUT2D eigenvalue weighted by Crippen LogP contribution is -2.42. The van der Waals surface area contributed by atoms with E-state index in [0.717, 1.165) is 22.5 Å². The Morgan fingerprint density at radius 1 is 1.17 bits per heavy atom. The molecule has 0 atom stereocenters. The Balaban J connectivity index is 1.82. The zero-order valence-electron chi connectivity index (χ0n) is 13.3. The highest BCUT2D eigenvalue weighted by Crippen LogP contribution is 2.25. The second kappa shape index (κ2) is 7.94. The van der Waals surface area contributed by atoms with E-state index in [1.54, 1.807) is 13.8 Å². The number of nitrogens with zero attached hydrogens (tertiary/aromatic N) is 1. The fraction of sp³-hybridized carbons (Fsp3) is 0.375. The van der Waals surface area contributed by atoms with Crippen molar-refractivity contribution in [2.45, 2.75) is 26.1 Å². The van der Waals surface area contributed by atoms with Gasteiger partial charge in [-0.15, -0.1) is 0 Å². The Morgan fingerprint density at radius 2 is 1.87 bits per heavy atom. The zero-order valence-corrected chi connectivity index (χ0v) is 14.9. The monoisotopic (exact) mass is 382 g/mol. The zero-order chi connectivity index (χ0) is 16.9. The van der Waals surface area contributed by atoms with Crippen LogP contribution < -0.4 is 21.5 Å². The topological polar surface area (TPSA) is 86.7 Å². The predicted molar refractivity (Wildman–Crippen MR) is 95.2 cm³/mol. The van der Waals surface area contributed by atoms with E-state index < -0.39 is 5.72 Å². The molecule has 23 heavy (non-hydrogen) atoms. The molecular weight excluding hydrogens is 360 g/mol. The van der Waals surface area contributed by atoms with Crippen LogP contribution >= 0.6 is 15.9 Å². The molecule has 0 aliphatic carbocycles. The van der Waals surface area contributed by atoms with E-state index in [1.807, 2.05) is 36.4 Å². The third-order valence-electron chi connectivity index (χ3n) is 3.15. The Labute approximate surface area is 144 Å². The first-order chi connectivity index (χ1) is 10.8. The van der Waals surface area contributed by atoms with Crippen molar-refractivity contribution in [3.63, 3.8) is 0 Å². The first-order valence-corrected chi connectivity index (χ1v) is 8.22. The molecule has 5 N–H and O–H groups in total. The lowest BCUT2D eigenvalue weighted by Gasteiger charge is -2.19. The van der Waals surface area contributed by atoms with Crippen molar-refractivity contribution >= 4 is 27.5 Å². The summed E-state index contributed by atoms with van der Waals surface area (Å²) in [6.07, 6.45) is 0. The van der Waals surface area contributed by atoms with Gasteiger partial charge in [-0.3, -0.25) is 5.32 Å². The normalized spacial score (nSPS) is 11.7. The highest BCUT2D eigenvalue weighted by atomic mass is 79.9. The molecule has 0 fully saturated rings. The first kappa shape index (κ1) is 18.0. The van der Waals surface area contributed by atoms with Gasteiger partial charge in [-0.1, -0.05) is 15.9 Å². The van der Waals surface area contributed by atoms with Crippen molar-refractivity contribution in [3.8, 4) is 0 Å². The fourth-order valence-corrected chi connectivity index (χ4v) is 2.25. The van der Waals surface area contributed by atoms with E-state index >= 15 is 0 Å². The quantitative estimate of drug-likeness (QED) is 0.243. The molecule has 0 bridgehead atoms. The van der Waals surface area contributed by atoms with Crippen LogP contribution in [0.1, 0.15) is 19.6 Å². The maximum absolute atomic E-state index is 9.54. The molecular formula is C16H23BrN4O2. The molecule has 0 amide bonds. The third-order valence-corrected chi connectivity index (χ3v) is 3.68. The number of rotatable bonds is 8. The molecule has 2 aromatic rings. The fourth-order valence-electron chi connectivity index (χ4n) is 1.99. The van der Waals surface area contributed by atoms with Crippen LogP contribution in [0.3, 0.4) is 0 Å². The summed E-state index contributed by atoms with van der Waals surface area (Å²) in [5, 5.41) is 17.3. The molecule has 0 saturated carbocycles. The standard InChI is InChI=1S/C16H23BrN4O2/c1-16(2,22)20-10-9-19-11-14-7-8-15(23-14)21(18)13-5-3-12(17)4-6-13/h3-8,19-20,22H,9-11,18H2,1-2H3. The molecule has 1 heterocycles. The number of benzene rings is 1. The summed E-state index contributed by atoms with van der Waals surface area (Å²) in [6, 6.07) is 11.4. The summed E-state index contributed by atoms with van der Waals surface area (Å²) in [7, 11) is 0. The molecule has 1 aromatic carbocycles. The number of hydrazine groups is 1. The minimum absolute atomic E-state index is 0.582. The molecule has 126 valence electrons. The first-order valence-electron chi connectivity index (χ1n) is 7.42. The average Bonchev–Trinajstić information content (AvgIpc) is 2.94. The van der Waals surface area contributed by atoms with Gasteiger partial charge in [0.1, 0.15) is 11.5 Å². The second-order valence-corrected chi connectivity index (χ2v) is 6.66. The van der Waals surface area contributed by atoms with Crippen LogP contribution in [0.25, 0.3) is 0 Å². The van der Waals surface area contributed by atoms with Crippen LogP contribution in [0.5, 0.6) is 0 Å². The number of aliphatic hydroxyl groups is 1. The average molecular weight is 383 g/mol. The maximum Gasteiger partial charge on any atom is 0.214 e. The van der Waals surface area contributed by atoms with Crippen molar-refractivity contribution in [1.29, 1.82) is 0 Å². The SMILES string of the molecule is CC(C)(O)NCCNCc1ccc(N(N)c2ccc(Br)cc2)o1. The van der Waals surface area contributed by atoms with Crippen LogP contribution in [0.15, 0.2) is 45.3 Å². The molecule has 0 aliphatic rings. The van der Waals surface area contributed by atoms with Gasteiger partial charge in [0.05, 0.1) is 12.2 Å². The molecule has 0 aliphatic heterocycles. The van der Waals surface area contributed by atoms with Crippen molar-refractivity contribution in [1.82, 2.24) is 10.6 Å². The number of nitrogens with one attached hydrogen (secondary N) is 2. The minimum Gasteiger partial charge on any atom is -0.442 e. The van der Waals surface area contributed by atoms with Gasteiger partial charge in [-0.2, -0.15) is 0 Å². The summed E-state index contributed by atoms with van der Waals surface area (Å²) in [6.45, 7) is 5.41. The van der Waals surface area contributed by atoms with Gasteiger partial charge in [-0.05, 0) is 44.2 Å². The van der Waals surface area contributed by atoms with E-state index in [2.05, 4.69) is 26.6 Å². The molecule has 6 nitrogen and oxygen atoms in total. The van der Waals surface area contributed by atoms with Gasteiger partial charge in [0.25, 0.3) is 0 Å². The van der Waals surface area contributed by atoms with Crippen molar-refractivity contribution in [2.24, 2.45) is 5.84 Å². The van der Waals surface area contributed by atoms with E-state index in [-0.39, 0.29) is 0 Å². The van der Waals surface area contributed by atoms with E-state index in [1.165, 1.54) is 5.01 Å². The number of nitrogens with two attached hydrogens (primary N) is 1. The summed E-state index contributed by atoms with van der Waals surface area (Å²) >= 11 is 3.40. The van der Waals surface area contributed by atoms with Gasteiger partial charge in [0, 0.05) is 23.6 Å². The maximum atomic E-state index is 9.54. The number of hydrogen-bond acceptors (Lipinski definition) is 6. The molecule has 0 radical (unpaired) electrons. The van der Waals surface area contributed by atoms with E-state index in [4.69, 9.17) is 10.3 Å². The van der Waals surface area contributed by atoms with Crippen LogP contribution in [0.4, 0.5) is 11.6 Å². The molecule has 0 saturated heterocycles. The molecule has 0 unspecified atom stereocenters. The van der Waals surface area contributed by atoms with Gasteiger partial charge < -0.3 is 14.8 Å². The van der Waals surface area contributed by atoms with Crippen molar-refractivity contribution < 1.29 is 9.52 Å². The van der Waals surface area contributed by atoms with Gasteiger partial charge in [0.15, 0.2) is 0 Å². The predicted octanol–water partition coefficient (Wildman–Crippen LogP) is 2.46. The number of halogens is 1. The second-order valence-electron chi connectivity index (χ2n) is 5.75. The largest absolute Gasteiger partial charge is 0.442 e. The molecule has 1 aromatic heterocycles. The van der Waals surface area contributed by atoms with Crippen LogP contribution in [-0.2, 0) is 6.54 Å². The van der Waals surface area contributed by atoms with Crippen LogP contribution in [0.2, 0.25) is 0 Å². The highest BCUT2D eigenvalue weighted by molar-refractivity contribution is 9.10. The van der Waals surface area contributed by atoms with Gasteiger partial charge in [-0.25, -0.2) is 10.9 Å². The summed E-state index contributed by atoms with van der Waals surface area (Å²) < 4.78 is 6.73. The Bertz CT molecular complexity index is 607. The highest BCUT2D eigenvalue weighted by Gasteiger charge is 2.11. The number of furan rings is 1. The van der Waals surface area contributed by atoms with Gasteiger partial charge >= 0.3 is 0 Å². The summed E-state index contributed by atoms with van der Waals surface area (Å²) in [5.41, 5.74) is -0.0130. The third kappa shape index (κ3) is 5.96. The minimum atomic E-state index is -0.857. The molecule has 2 rings (SSSR count). The Kier molecular flexibility index (Phi) is 6.20. The summed E-state index contributed by atoms with van der Waals surface area (Å²) in [5.74, 6) is 7.45. The Morgan fingerprint density at radius 3 is 2.52 bits per heavy atom. The number of hydrogen-bond donors (Lipinski definition) is 4. The van der Waals surface area contributed by atoms with E-state index in [0.29, 0.717) is 19.0 Å². The van der Waals surface area contributed by atoms with Gasteiger partial charge in [0.2, 0.25) is 5.88 Å². The van der Waals surface area contributed by atoms with E-state index in [9.17, 15) is 5.11 Å². The number of anilines is 2. The molecule has 7 heteroatoms. The lowest BCUT2D eigenvalue weighted by atomic mass is 10.3. The summed E-state index contributed by atoms with van der Waals surface area (Å²) in [4.78, 5) is 0. The van der Waals surface area contributed by atoms with Crippen LogP contribution in [-0.4, -0.2) is 23.9 Å².